The van der Waals surface area contributed by atoms with Crippen LogP contribution in [0.2, 0.25) is 0 Å². The normalized spacial score (nSPS) is 25.1. The van der Waals surface area contributed by atoms with Gasteiger partial charge in [0.1, 0.15) is 0 Å². The van der Waals surface area contributed by atoms with Crippen LogP contribution in [-0.4, -0.2) is 43.7 Å². The Morgan fingerprint density at radius 1 is 1.09 bits per heavy atom. The summed E-state index contributed by atoms with van der Waals surface area (Å²) < 4.78 is 15.0. The van der Waals surface area contributed by atoms with Crippen LogP contribution in [0.3, 0.4) is 0 Å². The Hall–Kier alpha value is -0.810. The first kappa shape index (κ1) is 20.2. The molecule has 1 saturated heterocycles. The number of carbonyl (C=O) groups excluding carboxylic acids is 2. The molecule has 0 bridgehead atoms. The quantitative estimate of drug-likeness (QED) is 0.343. The lowest BCUT2D eigenvalue weighted by Gasteiger charge is -2.21. The highest BCUT2D eigenvalue weighted by Crippen LogP contribution is 2.35. The van der Waals surface area contributed by atoms with Crippen molar-refractivity contribution in [3.05, 3.63) is 0 Å². The molecule has 134 valence electrons. The van der Waals surface area contributed by atoms with Crippen molar-refractivity contribution in [3.8, 4) is 0 Å². The Kier molecular flexibility index (Phi) is 9.56. The molecule has 6 heteroatoms. The molecule has 1 aliphatic heterocycles. The summed E-state index contributed by atoms with van der Waals surface area (Å²) >= 11 is 6.50. The average molecular weight is 349 g/mol. The zero-order valence-corrected chi connectivity index (χ0v) is 15.1. The lowest BCUT2D eigenvalue weighted by atomic mass is 9.92. The van der Waals surface area contributed by atoms with Crippen LogP contribution in [0.25, 0.3) is 0 Å². The first-order valence-electron chi connectivity index (χ1n) is 8.50. The fourth-order valence-electron chi connectivity index (χ4n) is 3.01. The number of hydrogen-bond donors (Lipinski definition) is 0. The molecule has 0 aromatic rings. The van der Waals surface area contributed by atoms with E-state index in [4.69, 9.17) is 25.8 Å². The molecule has 0 aliphatic carbocycles. The van der Waals surface area contributed by atoms with E-state index in [1.54, 1.807) is 0 Å². The van der Waals surface area contributed by atoms with E-state index in [1.165, 1.54) is 39.9 Å². The van der Waals surface area contributed by atoms with E-state index in [-0.39, 0.29) is 11.3 Å². The van der Waals surface area contributed by atoms with Gasteiger partial charge < -0.3 is 14.2 Å². The van der Waals surface area contributed by atoms with E-state index in [2.05, 4.69) is 6.92 Å². The van der Waals surface area contributed by atoms with E-state index in [0.29, 0.717) is 6.42 Å². The maximum atomic E-state index is 11.9. The second kappa shape index (κ2) is 10.9. The lowest BCUT2D eigenvalue weighted by Crippen LogP contribution is -2.33. The monoisotopic (exact) mass is 348 g/mol. The van der Waals surface area contributed by atoms with E-state index in [0.717, 1.165) is 19.3 Å². The van der Waals surface area contributed by atoms with Crippen LogP contribution in [-0.2, 0) is 23.8 Å². The third-order valence-corrected chi connectivity index (χ3v) is 4.92. The first-order chi connectivity index (χ1) is 11.0. The Morgan fingerprint density at radius 2 is 1.70 bits per heavy atom. The Morgan fingerprint density at radius 3 is 2.30 bits per heavy atom. The molecule has 4 atom stereocenters. The van der Waals surface area contributed by atoms with Gasteiger partial charge in [0.15, 0.2) is 12.2 Å². The third kappa shape index (κ3) is 6.30. The van der Waals surface area contributed by atoms with Crippen molar-refractivity contribution in [2.75, 3.05) is 14.2 Å². The molecule has 0 aromatic carbocycles. The van der Waals surface area contributed by atoms with E-state index >= 15 is 0 Å². The summed E-state index contributed by atoms with van der Waals surface area (Å²) in [6.07, 6.45) is 6.81. The average Bonchev–Trinajstić information content (AvgIpc) is 3.01. The largest absolute Gasteiger partial charge is 0.467 e. The molecule has 1 heterocycles. The van der Waals surface area contributed by atoms with Gasteiger partial charge >= 0.3 is 11.9 Å². The molecular weight excluding hydrogens is 320 g/mol. The van der Waals surface area contributed by atoms with E-state index in [9.17, 15) is 9.59 Å². The zero-order valence-electron chi connectivity index (χ0n) is 14.4. The molecule has 1 aliphatic rings. The molecule has 0 spiro atoms. The number of alkyl halides is 1. The highest BCUT2D eigenvalue weighted by atomic mass is 35.5. The molecule has 0 saturated carbocycles. The van der Waals surface area contributed by atoms with Crippen molar-refractivity contribution in [3.63, 3.8) is 0 Å². The van der Waals surface area contributed by atoms with Crippen LogP contribution in [0.1, 0.15) is 58.3 Å². The Bertz CT molecular complexity index is 374. The molecule has 5 nitrogen and oxygen atoms in total. The van der Waals surface area contributed by atoms with Gasteiger partial charge in [-0.2, -0.15) is 0 Å². The molecule has 0 radical (unpaired) electrons. The Labute approximate surface area is 144 Å². The van der Waals surface area contributed by atoms with Gasteiger partial charge in [0.25, 0.3) is 0 Å². The number of rotatable bonds is 10. The number of methoxy groups -OCH3 is 2. The minimum atomic E-state index is -0.785. The van der Waals surface area contributed by atoms with Gasteiger partial charge in [-0.15, -0.1) is 11.6 Å². The van der Waals surface area contributed by atoms with Gasteiger partial charge in [-0.05, 0) is 12.8 Å². The highest BCUT2D eigenvalue weighted by Gasteiger charge is 2.46. The van der Waals surface area contributed by atoms with Gasteiger partial charge in [0.05, 0.1) is 14.2 Å². The summed E-state index contributed by atoms with van der Waals surface area (Å²) in [6.45, 7) is 2.19. The number of ether oxygens (including phenoxy) is 3. The van der Waals surface area contributed by atoms with Crippen molar-refractivity contribution in [1.82, 2.24) is 0 Å². The van der Waals surface area contributed by atoms with Crippen LogP contribution in [0, 0.1) is 5.92 Å². The fraction of sp³-hybridized carbons (Fsp3) is 0.882. The molecule has 23 heavy (non-hydrogen) atoms. The number of unbranched alkanes of at least 4 members (excludes halogenated alkanes) is 5. The summed E-state index contributed by atoms with van der Waals surface area (Å²) in [5.41, 5.74) is 0. The highest BCUT2D eigenvalue weighted by molar-refractivity contribution is 6.21. The predicted octanol–water partition coefficient (Wildman–Crippen LogP) is 3.46. The summed E-state index contributed by atoms with van der Waals surface area (Å²) in [7, 11) is 2.62. The van der Waals surface area contributed by atoms with Crippen LogP contribution < -0.4 is 0 Å². The number of halogens is 1. The molecule has 0 N–H and O–H groups in total. The summed E-state index contributed by atoms with van der Waals surface area (Å²) in [4.78, 5) is 23.5. The maximum Gasteiger partial charge on any atom is 0.335 e. The molecule has 0 amide bonds. The van der Waals surface area contributed by atoms with Crippen molar-refractivity contribution in [2.24, 2.45) is 5.92 Å². The van der Waals surface area contributed by atoms with Gasteiger partial charge in [-0.1, -0.05) is 45.4 Å². The molecule has 1 fully saturated rings. The second-order valence-electron chi connectivity index (χ2n) is 6.06. The molecular formula is C17H29ClO5. The smallest absolute Gasteiger partial charge is 0.335 e. The van der Waals surface area contributed by atoms with Crippen LogP contribution in [0.15, 0.2) is 0 Å². The minimum Gasteiger partial charge on any atom is -0.467 e. The van der Waals surface area contributed by atoms with Crippen molar-refractivity contribution in [2.45, 2.75) is 75.9 Å². The maximum absolute atomic E-state index is 11.9. The van der Waals surface area contributed by atoms with Gasteiger partial charge in [0.2, 0.25) is 0 Å². The van der Waals surface area contributed by atoms with Crippen LogP contribution >= 0.6 is 11.6 Å². The van der Waals surface area contributed by atoms with Gasteiger partial charge in [-0.3, -0.25) is 0 Å². The Balaban J connectivity index is 2.49. The topological polar surface area (TPSA) is 61.8 Å². The summed E-state index contributed by atoms with van der Waals surface area (Å²) in [6, 6.07) is 0. The van der Waals surface area contributed by atoms with Crippen molar-refractivity contribution >= 4 is 23.5 Å². The van der Waals surface area contributed by atoms with E-state index in [1.807, 2.05) is 0 Å². The van der Waals surface area contributed by atoms with Gasteiger partial charge in [0, 0.05) is 11.3 Å². The third-order valence-electron chi connectivity index (χ3n) is 4.38. The SMILES string of the molecule is CCCCCCCCC(Cl)[C@H]1CC(C(=O)OC)O[C@H]1C(=O)OC. The summed E-state index contributed by atoms with van der Waals surface area (Å²) in [5.74, 6) is -1.16. The van der Waals surface area contributed by atoms with E-state index < -0.39 is 24.1 Å². The zero-order chi connectivity index (χ0) is 17.2. The number of carbonyl (C=O) groups is 2. The fourth-order valence-corrected chi connectivity index (χ4v) is 3.39. The second-order valence-corrected chi connectivity index (χ2v) is 6.62. The molecule has 2 unspecified atom stereocenters. The number of hydrogen-bond acceptors (Lipinski definition) is 5. The molecule has 1 rings (SSSR count). The van der Waals surface area contributed by atoms with Crippen molar-refractivity contribution < 1.29 is 23.8 Å². The first-order valence-corrected chi connectivity index (χ1v) is 8.93. The van der Waals surface area contributed by atoms with Crippen molar-refractivity contribution in [1.29, 1.82) is 0 Å². The predicted molar refractivity (Wildman–Crippen MR) is 88.4 cm³/mol. The van der Waals surface area contributed by atoms with Crippen LogP contribution in [0.4, 0.5) is 0 Å². The van der Waals surface area contributed by atoms with Crippen LogP contribution in [0.5, 0.6) is 0 Å². The van der Waals surface area contributed by atoms with Gasteiger partial charge in [-0.25, -0.2) is 9.59 Å². The number of esters is 2. The molecule has 0 aromatic heterocycles. The lowest BCUT2D eigenvalue weighted by molar-refractivity contribution is -0.162. The summed E-state index contributed by atoms with van der Waals surface area (Å²) in [5, 5.41) is -0.208. The minimum absolute atomic E-state index is 0.208. The standard InChI is InChI=1S/C17H29ClO5/c1-4-5-6-7-8-9-10-13(18)12-11-14(16(19)21-2)23-15(12)17(20)22-3/h12-15H,4-11H2,1-3H3/t12-,13?,14?,15-/m1/s1.